The number of rotatable bonds is 3. The first-order chi connectivity index (χ1) is 22.8. The molecular formula is C44H27NS. The smallest absolute Gasteiger partial charge is 0.0547 e. The fraction of sp³-hybridized carbons (Fsp3) is 0. The fourth-order valence-electron chi connectivity index (χ4n) is 7.62. The van der Waals surface area contributed by atoms with E-state index < -0.39 is 0 Å². The minimum absolute atomic E-state index is 1.18. The number of para-hydroxylation sites is 2. The maximum absolute atomic E-state index is 2.41. The van der Waals surface area contributed by atoms with Crippen molar-refractivity contribution in [1.82, 2.24) is 4.57 Å². The second-order valence-corrected chi connectivity index (χ2v) is 13.2. The van der Waals surface area contributed by atoms with Gasteiger partial charge in [0.25, 0.3) is 0 Å². The summed E-state index contributed by atoms with van der Waals surface area (Å²) in [5.74, 6) is 0. The highest BCUT2D eigenvalue weighted by molar-refractivity contribution is 7.99. The van der Waals surface area contributed by atoms with Crippen molar-refractivity contribution in [3.63, 3.8) is 0 Å². The molecule has 0 spiro atoms. The van der Waals surface area contributed by atoms with Crippen molar-refractivity contribution in [3.05, 3.63) is 164 Å². The summed E-state index contributed by atoms with van der Waals surface area (Å²) in [4.78, 5) is 2.66. The summed E-state index contributed by atoms with van der Waals surface area (Å²) in [5.41, 5.74) is 11.3. The van der Waals surface area contributed by atoms with E-state index >= 15 is 0 Å². The van der Waals surface area contributed by atoms with E-state index in [9.17, 15) is 0 Å². The van der Waals surface area contributed by atoms with Crippen molar-refractivity contribution < 1.29 is 0 Å². The van der Waals surface area contributed by atoms with Crippen molar-refractivity contribution >= 4 is 55.1 Å². The molecule has 214 valence electrons. The van der Waals surface area contributed by atoms with Gasteiger partial charge >= 0.3 is 0 Å². The third kappa shape index (κ3) is 3.71. The lowest BCUT2D eigenvalue weighted by molar-refractivity contribution is 1.18. The summed E-state index contributed by atoms with van der Waals surface area (Å²) in [7, 11) is 0. The minimum Gasteiger partial charge on any atom is -0.309 e. The SMILES string of the molecule is c1ccc(-n2c3ccccc3c3c4c(-c5cccc(-c6ccc7c8c(cccc68)-c6ccccc6S7)c5)cccc4ccc32)cc1. The van der Waals surface area contributed by atoms with Gasteiger partial charge in [-0.2, -0.15) is 0 Å². The second-order valence-electron chi connectivity index (χ2n) is 12.1. The topological polar surface area (TPSA) is 4.93 Å². The zero-order valence-corrected chi connectivity index (χ0v) is 25.8. The third-order valence-corrected chi connectivity index (χ3v) is 10.7. The molecule has 0 amide bonds. The van der Waals surface area contributed by atoms with Gasteiger partial charge in [-0.15, -0.1) is 0 Å². The molecule has 1 aliphatic heterocycles. The molecule has 0 saturated carbocycles. The maximum atomic E-state index is 2.41. The molecule has 0 radical (unpaired) electrons. The first kappa shape index (κ1) is 25.7. The molecule has 0 fully saturated rings. The summed E-state index contributed by atoms with van der Waals surface area (Å²) in [6.45, 7) is 0. The van der Waals surface area contributed by atoms with Crippen molar-refractivity contribution in [2.24, 2.45) is 0 Å². The fourth-order valence-corrected chi connectivity index (χ4v) is 8.75. The highest BCUT2D eigenvalue weighted by Crippen LogP contribution is 2.50. The highest BCUT2D eigenvalue weighted by atomic mass is 32.2. The van der Waals surface area contributed by atoms with Gasteiger partial charge in [0.2, 0.25) is 0 Å². The standard InChI is InChI=1S/C44H27NS/c1-2-14-31(15-3-1)45-38-21-6-4-17-37(38)44-39(45)25-23-28-11-9-18-33(42(28)44)30-13-8-12-29(27-30)32-24-26-41-43-35(32)19-10-20-36(43)34-16-5-7-22-40(34)46-41/h1-27H. The van der Waals surface area contributed by atoms with Crippen molar-refractivity contribution in [2.45, 2.75) is 9.79 Å². The Morgan fingerprint density at radius 3 is 2.02 bits per heavy atom. The molecule has 0 aliphatic carbocycles. The second kappa shape index (κ2) is 9.97. The lowest BCUT2D eigenvalue weighted by Crippen LogP contribution is -1.94. The van der Waals surface area contributed by atoms with Crippen LogP contribution in [0.1, 0.15) is 0 Å². The number of aromatic nitrogens is 1. The lowest BCUT2D eigenvalue weighted by Gasteiger charge is -2.21. The molecule has 0 bridgehead atoms. The summed E-state index contributed by atoms with van der Waals surface area (Å²) in [6, 6.07) is 60.2. The van der Waals surface area contributed by atoms with E-state index in [1.54, 1.807) is 0 Å². The van der Waals surface area contributed by atoms with E-state index in [0.717, 1.165) is 0 Å². The van der Waals surface area contributed by atoms with Crippen LogP contribution < -0.4 is 0 Å². The molecule has 0 saturated heterocycles. The Morgan fingerprint density at radius 2 is 1.09 bits per heavy atom. The number of hydrogen-bond acceptors (Lipinski definition) is 1. The average Bonchev–Trinajstić information content (AvgIpc) is 3.47. The van der Waals surface area contributed by atoms with Gasteiger partial charge in [0.05, 0.1) is 11.0 Å². The van der Waals surface area contributed by atoms with Gasteiger partial charge < -0.3 is 4.57 Å². The minimum atomic E-state index is 1.18. The molecule has 2 heteroatoms. The van der Waals surface area contributed by atoms with Crippen LogP contribution in [0, 0.1) is 0 Å². The molecule has 1 nitrogen and oxygen atoms in total. The van der Waals surface area contributed by atoms with E-state index in [4.69, 9.17) is 0 Å². The van der Waals surface area contributed by atoms with Crippen LogP contribution in [-0.4, -0.2) is 4.57 Å². The van der Waals surface area contributed by atoms with Gasteiger partial charge in [0.1, 0.15) is 0 Å². The molecule has 9 aromatic rings. The Labute approximate surface area is 271 Å². The summed E-state index contributed by atoms with van der Waals surface area (Å²) < 4.78 is 2.41. The Hall–Kier alpha value is -5.57. The van der Waals surface area contributed by atoms with Crippen molar-refractivity contribution in [3.8, 4) is 39.1 Å². The van der Waals surface area contributed by atoms with Crippen LogP contribution in [-0.2, 0) is 0 Å². The van der Waals surface area contributed by atoms with E-state index in [1.807, 2.05) is 11.8 Å². The van der Waals surface area contributed by atoms with E-state index in [2.05, 4.69) is 168 Å². The predicted molar refractivity (Wildman–Crippen MR) is 196 cm³/mol. The number of hydrogen-bond donors (Lipinski definition) is 0. The van der Waals surface area contributed by atoms with Crippen LogP contribution in [0.25, 0.3) is 82.4 Å². The molecule has 2 heterocycles. The largest absolute Gasteiger partial charge is 0.309 e. The normalized spacial score (nSPS) is 12.3. The highest BCUT2D eigenvalue weighted by Gasteiger charge is 2.21. The predicted octanol–water partition coefficient (Wildman–Crippen LogP) is 12.6. The molecule has 10 rings (SSSR count). The molecule has 0 atom stereocenters. The average molecular weight is 602 g/mol. The first-order valence-corrected chi connectivity index (χ1v) is 16.6. The molecule has 0 N–H and O–H groups in total. The van der Waals surface area contributed by atoms with Crippen LogP contribution in [0.3, 0.4) is 0 Å². The van der Waals surface area contributed by atoms with Crippen LogP contribution >= 0.6 is 11.8 Å². The van der Waals surface area contributed by atoms with Gasteiger partial charge in [-0.25, -0.2) is 0 Å². The van der Waals surface area contributed by atoms with Crippen molar-refractivity contribution in [1.29, 1.82) is 0 Å². The monoisotopic (exact) mass is 601 g/mol. The van der Waals surface area contributed by atoms with Crippen molar-refractivity contribution in [2.75, 3.05) is 0 Å². The summed E-state index contributed by atoms with van der Waals surface area (Å²) >= 11 is 1.88. The van der Waals surface area contributed by atoms with E-state index in [1.165, 1.54) is 92.2 Å². The maximum Gasteiger partial charge on any atom is 0.0547 e. The van der Waals surface area contributed by atoms with Gasteiger partial charge in [-0.3, -0.25) is 0 Å². The summed E-state index contributed by atoms with van der Waals surface area (Å²) in [5, 5.41) is 7.79. The lowest BCUT2D eigenvalue weighted by atomic mass is 9.90. The number of fused-ring (bicyclic) bond motifs is 7. The zero-order valence-electron chi connectivity index (χ0n) is 24.9. The Balaban J connectivity index is 1.21. The Bertz CT molecular complexity index is 2660. The Morgan fingerprint density at radius 1 is 0.370 bits per heavy atom. The van der Waals surface area contributed by atoms with Crippen LogP contribution in [0.15, 0.2) is 174 Å². The van der Waals surface area contributed by atoms with E-state index in [0.29, 0.717) is 0 Å². The van der Waals surface area contributed by atoms with E-state index in [-0.39, 0.29) is 0 Å². The summed E-state index contributed by atoms with van der Waals surface area (Å²) in [6.07, 6.45) is 0. The van der Waals surface area contributed by atoms with Gasteiger partial charge in [0, 0.05) is 31.6 Å². The molecule has 8 aromatic carbocycles. The first-order valence-electron chi connectivity index (χ1n) is 15.8. The van der Waals surface area contributed by atoms with Gasteiger partial charge in [0.15, 0.2) is 0 Å². The zero-order chi connectivity index (χ0) is 30.2. The molecule has 0 unspecified atom stereocenters. The Kier molecular flexibility index (Phi) is 5.58. The van der Waals surface area contributed by atoms with Crippen LogP contribution in [0.5, 0.6) is 0 Å². The number of benzene rings is 8. The van der Waals surface area contributed by atoms with Gasteiger partial charge in [-0.05, 0) is 92.0 Å². The van der Waals surface area contributed by atoms with Crippen LogP contribution in [0.4, 0.5) is 0 Å². The van der Waals surface area contributed by atoms with Gasteiger partial charge in [-0.1, -0.05) is 133 Å². The molecule has 1 aromatic heterocycles. The number of nitrogens with zero attached hydrogens (tertiary/aromatic N) is 1. The molecular weight excluding hydrogens is 575 g/mol. The molecule has 1 aliphatic rings. The third-order valence-electron chi connectivity index (χ3n) is 9.58. The molecule has 46 heavy (non-hydrogen) atoms. The van der Waals surface area contributed by atoms with Crippen LogP contribution in [0.2, 0.25) is 0 Å². The quantitative estimate of drug-likeness (QED) is 0.195.